The first-order chi connectivity index (χ1) is 20.6. The zero-order chi connectivity index (χ0) is 32.7. The number of sulfonamides is 1. The first-order valence-electron chi connectivity index (χ1n) is 15.4. The number of carbonyl (C=O) groups excluding carboxylic acids is 4. The molecule has 1 unspecified atom stereocenters. The van der Waals surface area contributed by atoms with Gasteiger partial charge in [-0.2, -0.15) is 0 Å². The van der Waals surface area contributed by atoms with E-state index in [0.717, 1.165) is 25.7 Å². The molecule has 4 amide bonds. The zero-order valence-electron chi connectivity index (χ0n) is 26.5. The summed E-state index contributed by atoms with van der Waals surface area (Å²) in [4.78, 5) is 51.7. The Bertz CT molecular complexity index is 1280. The lowest BCUT2D eigenvalue weighted by Gasteiger charge is -2.29. The van der Waals surface area contributed by atoms with Gasteiger partial charge in [0.2, 0.25) is 17.7 Å². The average molecular weight is 637 g/mol. The van der Waals surface area contributed by atoms with Crippen molar-refractivity contribution < 1.29 is 37.1 Å². The zero-order valence-corrected chi connectivity index (χ0v) is 27.3. The van der Waals surface area contributed by atoms with E-state index in [1.54, 1.807) is 20.8 Å². The van der Waals surface area contributed by atoms with E-state index in [2.05, 4.69) is 17.0 Å². The summed E-state index contributed by atoms with van der Waals surface area (Å²) in [6.45, 7) is 7.78. The van der Waals surface area contributed by atoms with Crippen LogP contribution < -0.4 is 20.5 Å². The van der Waals surface area contributed by atoms with Crippen LogP contribution in [-0.2, 0) is 29.1 Å². The number of hydrogen-bond donors (Lipinski definition) is 3. The maximum absolute atomic E-state index is 13.3. The minimum Gasteiger partial charge on any atom is -0.497 e. The summed E-state index contributed by atoms with van der Waals surface area (Å²) in [5, 5.41) is 2.70. The van der Waals surface area contributed by atoms with E-state index in [4.69, 9.17) is 15.2 Å². The number of likely N-dealkylation sites (tertiary alicyclic amines) is 1. The third-order valence-corrected chi connectivity index (χ3v) is 9.47. The van der Waals surface area contributed by atoms with Gasteiger partial charge in [0.15, 0.2) is 0 Å². The number of alkyl carbamates (subject to hydrolysis) is 1. The van der Waals surface area contributed by atoms with E-state index in [-0.39, 0.29) is 22.6 Å². The molecule has 1 aromatic carbocycles. The van der Waals surface area contributed by atoms with Crippen molar-refractivity contribution in [2.24, 2.45) is 23.5 Å². The van der Waals surface area contributed by atoms with Gasteiger partial charge in [-0.05, 0) is 89.0 Å². The highest BCUT2D eigenvalue weighted by Gasteiger charge is 2.44. The number of nitrogens with one attached hydrogen (secondary N) is 2. The molecule has 12 nitrogen and oxygen atoms in total. The lowest BCUT2D eigenvalue weighted by Crippen LogP contribution is -2.53. The number of unbranched alkanes of at least 4 members (excludes halogenated alkanes) is 2. The van der Waals surface area contributed by atoms with Crippen LogP contribution in [0.3, 0.4) is 0 Å². The van der Waals surface area contributed by atoms with Gasteiger partial charge in [-0.25, -0.2) is 17.9 Å². The second kappa shape index (κ2) is 15.1. The molecule has 0 radical (unpaired) electrons. The minimum absolute atomic E-state index is 0.00979. The second-order valence-corrected chi connectivity index (χ2v) is 14.7. The molecule has 13 heteroatoms. The summed E-state index contributed by atoms with van der Waals surface area (Å²) < 4.78 is 37.8. The number of methoxy groups -OCH3 is 1. The second-order valence-electron chi connectivity index (χ2n) is 13.0. The Hall–Kier alpha value is -3.35. The van der Waals surface area contributed by atoms with Gasteiger partial charge in [-0.1, -0.05) is 32.6 Å². The molecule has 0 aromatic heterocycles. The number of hydrogen-bond acceptors (Lipinski definition) is 8. The molecule has 3 rings (SSSR count). The van der Waals surface area contributed by atoms with E-state index < -0.39 is 45.6 Å². The van der Waals surface area contributed by atoms with Crippen LogP contribution in [0.1, 0.15) is 85.5 Å². The molecule has 5 atom stereocenters. The average Bonchev–Trinajstić information content (AvgIpc) is 3.51. The molecular formula is C31H48N4O8S. The minimum atomic E-state index is -3.94. The third-order valence-electron chi connectivity index (χ3n) is 8.11. The smallest absolute Gasteiger partial charge is 0.408 e. The highest BCUT2D eigenvalue weighted by Crippen LogP contribution is 2.44. The topological polar surface area (TPSA) is 174 Å². The normalized spacial score (nSPS) is 21.2. The van der Waals surface area contributed by atoms with Crippen molar-refractivity contribution >= 4 is 33.8 Å². The standard InChI is InChI=1S/C31H48N4O8S/c1-20(18-21-19-24(21)28(37)34-44(40,41)23-15-13-22(42-5)14-16-23)10-7-6-8-11-25(33-30(39)43-31(2,3)4)29(38)35-17-9-12-26(35)27(32)36/h13-16,20-21,24-26H,6-12,17-19H2,1-5H3,(H2,32,36)(H,33,39)(H,34,37)/t20?,21-,24+,25+,26+/m1/s1. The summed E-state index contributed by atoms with van der Waals surface area (Å²) in [5.74, 6) is -0.636. The summed E-state index contributed by atoms with van der Waals surface area (Å²) in [5.41, 5.74) is 4.79. The molecule has 0 spiro atoms. The maximum Gasteiger partial charge on any atom is 0.408 e. The Labute approximate surface area is 260 Å². The van der Waals surface area contributed by atoms with Crippen LogP contribution in [-0.4, -0.2) is 68.5 Å². The monoisotopic (exact) mass is 636 g/mol. The molecule has 2 fully saturated rings. The number of nitrogens with zero attached hydrogens (tertiary/aromatic N) is 1. The number of ether oxygens (including phenoxy) is 2. The van der Waals surface area contributed by atoms with Gasteiger partial charge in [-0.15, -0.1) is 0 Å². The van der Waals surface area contributed by atoms with E-state index in [0.29, 0.717) is 50.3 Å². The number of nitrogens with two attached hydrogens (primary N) is 1. The maximum atomic E-state index is 13.3. The summed E-state index contributed by atoms with van der Waals surface area (Å²) in [6.07, 6.45) is 5.74. The summed E-state index contributed by atoms with van der Waals surface area (Å²) in [6, 6.07) is 4.38. The van der Waals surface area contributed by atoms with E-state index in [1.807, 2.05) is 0 Å². The number of amides is 4. The number of benzene rings is 1. The largest absolute Gasteiger partial charge is 0.497 e. The lowest BCUT2D eigenvalue weighted by atomic mass is 9.95. The van der Waals surface area contributed by atoms with Gasteiger partial charge in [-0.3, -0.25) is 14.4 Å². The van der Waals surface area contributed by atoms with Crippen LogP contribution in [0.5, 0.6) is 5.75 Å². The molecule has 0 bridgehead atoms. The Morgan fingerprint density at radius 1 is 1.07 bits per heavy atom. The van der Waals surface area contributed by atoms with Crippen molar-refractivity contribution in [2.45, 2.75) is 108 Å². The van der Waals surface area contributed by atoms with Crippen molar-refractivity contribution in [3.05, 3.63) is 24.3 Å². The van der Waals surface area contributed by atoms with Crippen molar-refractivity contribution in [1.29, 1.82) is 0 Å². The summed E-state index contributed by atoms with van der Waals surface area (Å²) in [7, 11) is -2.46. The van der Waals surface area contributed by atoms with E-state index in [9.17, 15) is 27.6 Å². The Kier molecular flexibility index (Phi) is 12.0. The Balaban J connectivity index is 1.42. The molecule has 44 heavy (non-hydrogen) atoms. The number of rotatable bonds is 15. The van der Waals surface area contributed by atoms with Crippen LogP contribution >= 0.6 is 0 Å². The quantitative estimate of drug-likeness (QED) is 0.245. The Morgan fingerprint density at radius 2 is 1.73 bits per heavy atom. The van der Waals surface area contributed by atoms with E-state index >= 15 is 0 Å². The molecule has 1 aromatic rings. The van der Waals surface area contributed by atoms with Crippen molar-refractivity contribution in [3.63, 3.8) is 0 Å². The third kappa shape index (κ3) is 10.4. The molecule has 246 valence electrons. The molecule has 2 aliphatic rings. The Morgan fingerprint density at radius 3 is 2.34 bits per heavy atom. The molecular weight excluding hydrogens is 588 g/mol. The van der Waals surface area contributed by atoms with Gasteiger partial charge in [0, 0.05) is 12.5 Å². The first kappa shape index (κ1) is 35.1. The SMILES string of the molecule is COc1ccc(S(=O)(=O)NC(=O)[C@H]2C[C@H]2CC(C)CCCCC[C@H](NC(=O)OC(C)(C)C)C(=O)N2CCC[C@H]2C(N)=O)cc1. The van der Waals surface area contributed by atoms with Crippen LogP contribution in [0.25, 0.3) is 0 Å². The van der Waals surface area contributed by atoms with Crippen molar-refractivity contribution in [2.75, 3.05) is 13.7 Å². The molecule has 4 N–H and O–H groups in total. The molecule has 1 aliphatic carbocycles. The first-order valence-corrected chi connectivity index (χ1v) is 16.9. The van der Waals surface area contributed by atoms with Crippen molar-refractivity contribution in [1.82, 2.24) is 14.9 Å². The molecule has 1 aliphatic heterocycles. The van der Waals surface area contributed by atoms with Crippen LogP contribution in [0.2, 0.25) is 0 Å². The van der Waals surface area contributed by atoms with Crippen LogP contribution in [0, 0.1) is 17.8 Å². The number of primary amides is 1. The van der Waals surface area contributed by atoms with E-state index in [1.165, 1.54) is 36.3 Å². The highest BCUT2D eigenvalue weighted by molar-refractivity contribution is 7.90. The van der Waals surface area contributed by atoms with Gasteiger partial charge in [0.25, 0.3) is 10.0 Å². The highest BCUT2D eigenvalue weighted by atomic mass is 32.2. The van der Waals surface area contributed by atoms with Crippen molar-refractivity contribution in [3.8, 4) is 5.75 Å². The molecule has 1 saturated heterocycles. The molecule has 1 heterocycles. The number of carbonyl (C=O) groups is 4. The predicted molar refractivity (Wildman–Crippen MR) is 164 cm³/mol. The van der Waals surface area contributed by atoms with Gasteiger partial charge >= 0.3 is 6.09 Å². The fraction of sp³-hybridized carbons (Fsp3) is 0.677. The molecule has 1 saturated carbocycles. The fourth-order valence-electron chi connectivity index (χ4n) is 5.74. The van der Waals surface area contributed by atoms with Gasteiger partial charge in [0.05, 0.1) is 12.0 Å². The lowest BCUT2D eigenvalue weighted by molar-refractivity contribution is -0.139. The van der Waals surface area contributed by atoms with Gasteiger partial charge in [0.1, 0.15) is 23.4 Å². The predicted octanol–water partition coefficient (Wildman–Crippen LogP) is 3.48. The fourth-order valence-corrected chi connectivity index (χ4v) is 6.77. The van der Waals surface area contributed by atoms with Crippen LogP contribution in [0.4, 0.5) is 4.79 Å². The van der Waals surface area contributed by atoms with Gasteiger partial charge < -0.3 is 25.4 Å². The van der Waals surface area contributed by atoms with Crippen LogP contribution in [0.15, 0.2) is 29.2 Å². The summed E-state index contributed by atoms with van der Waals surface area (Å²) >= 11 is 0.